The van der Waals surface area contributed by atoms with Gasteiger partial charge in [0.15, 0.2) is 0 Å². The van der Waals surface area contributed by atoms with E-state index < -0.39 is 22.0 Å². The number of anilines is 1. The van der Waals surface area contributed by atoms with E-state index in [9.17, 15) is 18.0 Å². The van der Waals surface area contributed by atoms with Gasteiger partial charge in [0, 0.05) is 26.3 Å². The molecule has 0 saturated carbocycles. The van der Waals surface area contributed by atoms with Crippen molar-refractivity contribution in [2.24, 2.45) is 0 Å². The van der Waals surface area contributed by atoms with Gasteiger partial charge in [-0.25, -0.2) is 8.42 Å². The molecule has 30 heavy (non-hydrogen) atoms. The lowest BCUT2D eigenvalue weighted by Gasteiger charge is -2.23. The summed E-state index contributed by atoms with van der Waals surface area (Å²) in [5, 5.41) is 3.01. The molecular weight excluding hydrogens is 426 g/mol. The van der Waals surface area contributed by atoms with Gasteiger partial charge in [-0.3, -0.25) is 9.59 Å². The molecule has 1 heterocycles. The molecule has 1 atom stereocenters. The monoisotopic (exact) mass is 449 g/mol. The summed E-state index contributed by atoms with van der Waals surface area (Å²) in [6, 6.07) is 10.4. The van der Waals surface area contributed by atoms with Gasteiger partial charge in [0.2, 0.25) is 15.9 Å². The molecular formula is C21H24ClN3O4S. The lowest BCUT2D eigenvalue weighted by atomic mass is 10.1. The first kappa shape index (κ1) is 22.3. The van der Waals surface area contributed by atoms with Gasteiger partial charge >= 0.3 is 0 Å². The van der Waals surface area contributed by atoms with E-state index in [1.54, 1.807) is 44.4 Å². The summed E-state index contributed by atoms with van der Waals surface area (Å²) in [6.45, 7) is 2.16. The fourth-order valence-electron chi connectivity index (χ4n) is 3.37. The second-order valence-corrected chi connectivity index (χ2v) is 9.77. The maximum Gasteiger partial charge on any atom is 0.254 e. The predicted octanol–water partition coefficient (Wildman–Crippen LogP) is 3.14. The molecule has 1 N–H and O–H groups in total. The van der Waals surface area contributed by atoms with Crippen LogP contribution in [0.1, 0.15) is 28.8 Å². The zero-order chi connectivity index (χ0) is 22.1. The zero-order valence-electron chi connectivity index (χ0n) is 17.1. The maximum atomic E-state index is 13.1. The molecule has 1 aliphatic rings. The molecule has 1 saturated heterocycles. The minimum Gasteiger partial charge on any atom is -0.345 e. The summed E-state index contributed by atoms with van der Waals surface area (Å²) >= 11 is 6.11. The number of nitrogens with zero attached hydrogens (tertiary/aromatic N) is 2. The largest absolute Gasteiger partial charge is 0.345 e. The number of amides is 2. The van der Waals surface area contributed by atoms with Crippen LogP contribution in [0.4, 0.5) is 5.69 Å². The predicted molar refractivity (Wildman–Crippen MR) is 116 cm³/mol. The molecule has 3 rings (SSSR count). The lowest BCUT2D eigenvalue weighted by Crippen LogP contribution is -2.43. The van der Waals surface area contributed by atoms with Crippen molar-refractivity contribution >= 4 is 39.1 Å². The van der Waals surface area contributed by atoms with Gasteiger partial charge < -0.3 is 10.2 Å². The molecule has 9 heteroatoms. The number of benzene rings is 2. The third kappa shape index (κ3) is 4.50. The number of carbonyl (C=O) groups excluding carboxylic acids is 2. The van der Waals surface area contributed by atoms with Crippen molar-refractivity contribution in [3.05, 3.63) is 58.6 Å². The fraction of sp³-hybridized carbons (Fsp3) is 0.333. The molecule has 1 fully saturated rings. The maximum absolute atomic E-state index is 13.1. The number of hydrogen-bond donors (Lipinski definition) is 1. The van der Waals surface area contributed by atoms with Crippen LogP contribution in [0.15, 0.2) is 47.4 Å². The molecule has 0 bridgehead atoms. The van der Waals surface area contributed by atoms with Crippen LogP contribution in [-0.4, -0.2) is 56.1 Å². The van der Waals surface area contributed by atoms with E-state index in [2.05, 4.69) is 5.32 Å². The fourth-order valence-corrected chi connectivity index (χ4v) is 5.22. The molecule has 0 aromatic heterocycles. The first-order valence-electron chi connectivity index (χ1n) is 9.52. The van der Waals surface area contributed by atoms with E-state index in [4.69, 9.17) is 11.6 Å². The van der Waals surface area contributed by atoms with Crippen LogP contribution in [0.2, 0.25) is 5.02 Å². The number of rotatable bonds is 5. The van der Waals surface area contributed by atoms with Crippen LogP contribution in [0.5, 0.6) is 0 Å². The minimum atomic E-state index is -3.79. The second-order valence-electron chi connectivity index (χ2n) is 7.47. The van der Waals surface area contributed by atoms with Gasteiger partial charge in [0.25, 0.3) is 5.91 Å². The molecule has 2 amide bonds. The van der Waals surface area contributed by atoms with E-state index in [1.807, 2.05) is 6.92 Å². The van der Waals surface area contributed by atoms with Crippen molar-refractivity contribution in [2.75, 3.05) is 26.0 Å². The number of nitrogens with one attached hydrogen (secondary N) is 1. The molecule has 2 aromatic rings. The van der Waals surface area contributed by atoms with Crippen molar-refractivity contribution in [1.82, 2.24) is 9.21 Å². The molecule has 2 aromatic carbocycles. The van der Waals surface area contributed by atoms with E-state index >= 15 is 0 Å². The Morgan fingerprint density at radius 3 is 2.43 bits per heavy atom. The summed E-state index contributed by atoms with van der Waals surface area (Å²) in [5.41, 5.74) is 1.60. The Morgan fingerprint density at radius 2 is 1.80 bits per heavy atom. The second kappa shape index (κ2) is 8.75. The molecule has 7 nitrogen and oxygen atoms in total. The highest BCUT2D eigenvalue weighted by atomic mass is 35.5. The van der Waals surface area contributed by atoms with Gasteiger partial charge in [-0.2, -0.15) is 4.31 Å². The van der Waals surface area contributed by atoms with Gasteiger partial charge in [-0.05, 0) is 50.1 Å². The quantitative estimate of drug-likeness (QED) is 0.759. The first-order chi connectivity index (χ1) is 14.1. The van der Waals surface area contributed by atoms with E-state index in [-0.39, 0.29) is 27.9 Å². The van der Waals surface area contributed by atoms with E-state index in [0.29, 0.717) is 18.5 Å². The van der Waals surface area contributed by atoms with Gasteiger partial charge in [-0.15, -0.1) is 0 Å². The number of halogens is 1. The van der Waals surface area contributed by atoms with Crippen LogP contribution >= 0.6 is 11.6 Å². The molecule has 0 unspecified atom stereocenters. The van der Waals surface area contributed by atoms with E-state index in [0.717, 1.165) is 5.56 Å². The number of sulfonamides is 1. The Morgan fingerprint density at radius 1 is 1.13 bits per heavy atom. The summed E-state index contributed by atoms with van der Waals surface area (Å²) in [7, 11) is -0.576. The number of hydrogen-bond acceptors (Lipinski definition) is 4. The van der Waals surface area contributed by atoms with Crippen molar-refractivity contribution < 1.29 is 18.0 Å². The van der Waals surface area contributed by atoms with Crippen molar-refractivity contribution in [1.29, 1.82) is 0 Å². The standard InChI is InChI=1S/C21H24ClN3O4S/c1-14-6-9-16(10-7-14)30(28,29)25-12-4-5-19(25)20(26)23-15-8-11-18(22)17(13-15)21(27)24(2)3/h6-11,13,19H,4-5,12H2,1-3H3,(H,23,26)/t19-/m0/s1. The average molecular weight is 450 g/mol. The van der Waals surface area contributed by atoms with Crippen LogP contribution in [0.25, 0.3) is 0 Å². The first-order valence-corrected chi connectivity index (χ1v) is 11.3. The minimum absolute atomic E-state index is 0.165. The van der Waals surface area contributed by atoms with Crippen LogP contribution < -0.4 is 5.32 Å². The van der Waals surface area contributed by atoms with Gasteiger partial charge in [0.1, 0.15) is 6.04 Å². The third-order valence-electron chi connectivity index (χ3n) is 5.00. The summed E-state index contributed by atoms with van der Waals surface area (Å²) < 4.78 is 27.4. The highest BCUT2D eigenvalue weighted by Crippen LogP contribution is 2.28. The van der Waals surface area contributed by atoms with Crippen LogP contribution in [0, 0.1) is 6.92 Å². The zero-order valence-corrected chi connectivity index (χ0v) is 18.6. The van der Waals surface area contributed by atoms with Crippen LogP contribution in [-0.2, 0) is 14.8 Å². The molecule has 0 spiro atoms. The summed E-state index contributed by atoms with van der Waals surface area (Å²) in [5.74, 6) is -0.727. The molecule has 0 aliphatic carbocycles. The Bertz CT molecular complexity index is 1070. The summed E-state index contributed by atoms with van der Waals surface area (Å²) in [6.07, 6.45) is 1.02. The molecule has 160 valence electrons. The highest BCUT2D eigenvalue weighted by molar-refractivity contribution is 7.89. The number of aryl methyl sites for hydroxylation is 1. The number of carbonyl (C=O) groups is 2. The summed E-state index contributed by atoms with van der Waals surface area (Å²) in [4.78, 5) is 26.7. The molecule has 1 aliphatic heterocycles. The third-order valence-corrected chi connectivity index (χ3v) is 7.26. The van der Waals surface area contributed by atoms with E-state index in [1.165, 1.54) is 21.3 Å². The van der Waals surface area contributed by atoms with Crippen molar-refractivity contribution in [2.45, 2.75) is 30.7 Å². The molecule has 0 radical (unpaired) electrons. The van der Waals surface area contributed by atoms with Crippen molar-refractivity contribution in [3.8, 4) is 0 Å². The van der Waals surface area contributed by atoms with Crippen LogP contribution in [0.3, 0.4) is 0 Å². The highest BCUT2D eigenvalue weighted by Gasteiger charge is 2.39. The lowest BCUT2D eigenvalue weighted by molar-refractivity contribution is -0.119. The van der Waals surface area contributed by atoms with Gasteiger partial charge in [-0.1, -0.05) is 29.3 Å². The van der Waals surface area contributed by atoms with Gasteiger partial charge in [0.05, 0.1) is 15.5 Å². The average Bonchev–Trinajstić information content (AvgIpc) is 3.20. The Balaban J connectivity index is 1.82. The SMILES string of the molecule is Cc1ccc(S(=O)(=O)N2CCC[C@H]2C(=O)Nc2ccc(Cl)c(C(=O)N(C)C)c2)cc1. The smallest absolute Gasteiger partial charge is 0.254 e. The Kier molecular flexibility index (Phi) is 6.50. The topological polar surface area (TPSA) is 86.8 Å². The normalized spacial score (nSPS) is 17.0. The van der Waals surface area contributed by atoms with Crippen molar-refractivity contribution in [3.63, 3.8) is 0 Å². The Hall–Kier alpha value is -2.42. The Labute approximate surface area is 181 Å².